The van der Waals surface area contributed by atoms with Crippen molar-refractivity contribution in [2.75, 3.05) is 14.1 Å². The number of carbonyl (C=O) groups excluding carboxylic acids is 1. The number of hydrogen-bond donors (Lipinski definition) is 0. The van der Waals surface area contributed by atoms with E-state index in [2.05, 4.69) is 31.9 Å². The zero-order valence-electron chi connectivity index (χ0n) is 5.88. The van der Waals surface area contributed by atoms with E-state index in [1.54, 1.807) is 0 Å². The maximum absolute atomic E-state index is 11.0. The second-order valence-corrected chi connectivity index (χ2v) is 5.36. The predicted molar refractivity (Wildman–Crippen MR) is 46.3 cm³/mol. The largest absolute Gasteiger partial charge is 0.403 e. The van der Waals surface area contributed by atoms with E-state index in [1.807, 2.05) is 0 Å². The first-order valence-corrected chi connectivity index (χ1v) is 4.12. The molecule has 0 aliphatic heterocycles. The van der Waals surface area contributed by atoms with Gasteiger partial charge in [-0.2, -0.15) is 0 Å². The number of hydrogen-bond acceptors (Lipinski definition) is 3. The molecule has 64 valence electrons. The van der Waals surface area contributed by atoms with Crippen LogP contribution in [0.25, 0.3) is 0 Å². The summed E-state index contributed by atoms with van der Waals surface area (Å²) in [7, 11) is 2.87. The Kier molecular flexibility index (Phi) is 3.43. The molecule has 0 aromatic rings. The maximum atomic E-state index is 11.0. The van der Waals surface area contributed by atoms with E-state index in [0.29, 0.717) is 0 Å². The summed E-state index contributed by atoms with van der Waals surface area (Å²) < 4.78 is -1.89. The van der Waals surface area contributed by atoms with E-state index in [1.165, 1.54) is 14.1 Å². The highest BCUT2D eigenvalue weighted by atomic mass is 79.9. The number of rotatable bonds is 2. The van der Waals surface area contributed by atoms with Crippen LogP contribution in [0, 0.1) is 10.1 Å². The number of nitrogens with zero attached hydrogens (tertiary/aromatic N) is 2. The summed E-state index contributed by atoms with van der Waals surface area (Å²) in [6.45, 7) is 0. The Hall–Kier alpha value is -0.170. The molecule has 0 spiro atoms. The molecule has 0 aliphatic carbocycles. The molecule has 0 N–H and O–H groups in total. The third-order valence-corrected chi connectivity index (χ3v) is 2.15. The van der Waals surface area contributed by atoms with Crippen molar-refractivity contribution in [1.82, 2.24) is 4.90 Å². The summed E-state index contributed by atoms with van der Waals surface area (Å²) in [6.07, 6.45) is 0. The molecule has 0 unspecified atom stereocenters. The average molecular weight is 290 g/mol. The van der Waals surface area contributed by atoms with Gasteiger partial charge in [-0.1, -0.05) is 0 Å². The second kappa shape index (κ2) is 3.48. The first kappa shape index (κ1) is 10.8. The summed E-state index contributed by atoms with van der Waals surface area (Å²) in [5.74, 6) is -0.664. The van der Waals surface area contributed by atoms with E-state index in [-0.39, 0.29) is 0 Å². The molecule has 0 aromatic heterocycles. The highest BCUT2D eigenvalue weighted by Gasteiger charge is 2.46. The minimum absolute atomic E-state index is 0.664. The first-order valence-electron chi connectivity index (χ1n) is 2.54. The van der Waals surface area contributed by atoms with Gasteiger partial charge in [0.1, 0.15) is 0 Å². The van der Waals surface area contributed by atoms with Crippen LogP contribution >= 0.6 is 31.9 Å². The van der Waals surface area contributed by atoms with Crippen LogP contribution in [0.4, 0.5) is 0 Å². The van der Waals surface area contributed by atoms with Gasteiger partial charge in [-0.25, -0.2) is 0 Å². The van der Waals surface area contributed by atoms with E-state index < -0.39 is 14.2 Å². The van der Waals surface area contributed by atoms with Crippen molar-refractivity contribution in [1.29, 1.82) is 0 Å². The number of carbonyl (C=O) groups is 1. The second-order valence-electron chi connectivity index (χ2n) is 2.00. The minimum Gasteiger partial charge on any atom is -0.341 e. The summed E-state index contributed by atoms with van der Waals surface area (Å²) in [5, 5.41) is 10.2. The third kappa shape index (κ3) is 2.41. The molecule has 0 bridgehead atoms. The average Bonchev–Trinajstić information content (AvgIpc) is 1.85. The number of alkyl halides is 2. The van der Waals surface area contributed by atoms with Crippen LogP contribution in [-0.2, 0) is 4.79 Å². The van der Waals surface area contributed by atoms with Gasteiger partial charge in [-0.05, 0) is 0 Å². The van der Waals surface area contributed by atoms with Crippen molar-refractivity contribution in [3.8, 4) is 0 Å². The molecule has 0 aliphatic rings. The lowest BCUT2D eigenvalue weighted by Crippen LogP contribution is -2.42. The van der Waals surface area contributed by atoms with Crippen LogP contribution in [-0.4, -0.2) is 33.2 Å². The molecular formula is C4H6Br2N2O3. The smallest absolute Gasteiger partial charge is 0.341 e. The van der Waals surface area contributed by atoms with Crippen LogP contribution in [0.5, 0.6) is 0 Å². The normalized spacial score (nSPS) is 10.9. The Morgan fingerprint density at radius 3 is 2.00 bits per heavy atom. The van der Waals surface area contributed by atoms with Gasteiger partial charge in [-0.3, -0.25) is 14.9 Å². The fourth-order valence-electron chi connectivity index (χ4n) is 0.347. The lowest BCUT2D eigenvalue weighted by Gasteiger charge is -2.15. The van der Waals surface area contributed by atoms with Crippen LogP contribution in [0.3, 0.4) is 0 Å². The van der Waals surface area contributed by atoms with Gasteiger partial charge in [0.05, 0.1) is 4.92 Å². The van der Waals surface area contributed by atoms with E-state index in [9.17, 15) is 14.9 Å². The molecule has 5 nitrogen and oxygen atoms in total. The quantitative estimate of drug-likeness (QED) is 0.327. The minimum atomic E-state index is -1.89. The first-order chi connectivity index (χ1) is 4.80. The van der Waals surface area contributed by atoms with Gasteiger partial charge >= 0.3 is 9.26 Å². The van der Waals surface area contributed by atoms with Gasteiger partial charge in [-0.15, -0.1) is 0 Å². The topological polar surface area (TPSA) is 63.5 Å². The van der Waals surface area contributed by atoms with Gasteiger partial charge in [0, 0.05) is 46.0 Å². The Balaban J connectivity index is 4.56. The third-order valence-electron chi connectivity index (χ3n) is 0.893. The van der Waals surface area contributed by atoms with Gasteiger partial charge in [0.25, 0.3) is 0 Å². The Morgan fingerprint density at radius 1 is 1.55 bits per heavy atom. The highest BCUT2D eigenvalue weighted by molar-refractivity contribution is 9.25. The zero-order chi connectivity index (χ0) is 9.23. The number of halogens is 2. The molecule has 0 aromatic carbocycles. The van der Waals surface area contributed by atoms with E-state index in [0.717, 1.165) is 4.90 Å². The summed E-state index contributed by atoms with van der Waals surface area (Å²) >= 11 is 5.28. The molecule has 0 radical (unpaired) electrons. The van der Waals surface area contributed by atoms with Crippen LogP contribution in [0.2, 0.25) is 0 Å². The number of likely N-dealkylation sites (N-methyl/N-ethyl adjacent to an activating group) is 1. The van der Waals surface area contributed by atoms with Crippen molar-refractivity contribution in [2.24, 2.45) is 0 Å². The standard InChI is InChI=1S/C4H6Br2N2O3/c1-7(2)3(9)4(5,6)8(10)11/h1-2H3. The summed E-state index contributed by atoms with van der Waals surface area (Å²) in [4.78, 5) is 21.6. The van der Waals surface area contributed by atoms with Gasteiger partial charge in [0.2, 0.25) is 0 Å². The lowest BCUT2D eigenvalue weighted by atomic mass is 10.5. The van der Waals surface area contributed by atoms with Crippen LogP contribution in [0.1, 0.15) is 0 Å². The zero-order valence-corrected chi connectivity index (χ0v) is 9.05. The Bertz CT molecular complexity index is 192. The molecule has 7 heteroatoms. The summed E-state index contributed by atoms with van der Waals surface area (Å²) in [6, 6.07) is 0. The van der Waals surface area contributed by atoms with Crippen LogP contribution in [0.15, 0.2) is 0 Å². The molecular weight excluding hydrogens is 284 g/mol. The Labute approximate surface area is 80.1 Å². The molecule has 11 heavy (non-hydrogen) atoms. The Morgan fingerprint density at radius 2 is 1.91 bits per heavy atom. The molecule has 0 fully saturated rings. The molecule has 0 rings (SSSR count). The van der Waals surface area contributed by atoms with E-state index >= 15 is 0 Å². The van der Waals surface area contributed by atoms with Crippen molar-refractivity contribution >= 4 is 37.8 Å². The van der Waals surface area contributed by atoms with Gasteiger partial charge in [0.15, 0.2) is 0 Å². The molecule has 0 saturated heterocycles. The van der Waals surface area contributed by atoms with E-state index in [4.69, 9.17) is 0 Å². The van der Waals surface area contributed by atoms with Crippen LogP contribution < -0.4 is 0 Å². The van der Waals surface area contributed by atoms with Crippen molar-refractivity contribution in [2.45, 2.75) is 3.36 Å². The highest BCUT2D eigenvalue weighted by Crippen LogP contribution is 2.28. The fourth-order valence-corrected chi connectivity index (χ4v) is 1.06. The molecule has 0 atom stereocenters. The number of nitro groups is 1. The maximum Gasteiger partial charge on any atom is 0.403 e. The summed E-state index contributed by atoms with van der Waals surface area (Å²) in [5.41, 5.74) is 0. The van der Waals surface area contributed by atoms with Crippen molar-refractivity contribution < 1.29 is 9.72 Å². The SMILES string of the molecule is CN(C)C(=O)C(Br)(Br)[N+](=O)[O-]. The number of amides is 1. The van der Waals surface area contributed by atoms with Gasteiger partial charge < -0.3 is 4.90 Å². The molecule has 0 heterocycles. The predicted octanol–water partition coefficient (Wildman–Crippen LogP) is 0.795. The monoisotopic (exact) mass is 288 g/mol. The van der Waals surface area contributed by atoms with Crippen molar-refractivity contribution in [3.05, 3.63) is 10.1 Å². The fraction of sp³-hybridized carbons (Fsp3) is 0.750. The molecule has 1 amide bonds. The lowest BCUT2D eigenvalue weighted by molar-refractivity contribution is -0.491. The molecule has 0 saturated carbocycles. The van der Waals surface area contributed by atoms with Crippen molar-refractivity contribution in [3.63, 3.8) is 0 Å².